The molecule has 0 spiro atoms. The van der Waals surface area contributed by atoms with Gasteiger partial charge in [0.25, 0.3) is 0 Å². The first-order valence-corrected chi connectivity index (χ1v) is 7.85. The second-order valence-electron chi connectivity index (χ2n) is 5.45. The highest BCUT2D eigenvalue weighted by Gasteiger charge is 2.23. The Balaban J connectivity index is 2.34. The van der Waals surface area contributed by atoms with E-state index in [1.54, 1.807) is 30.3 Å². The molecular weight excluding hydrogens is 357 g/mol. The van der Waals surface area contributed by atoms with E-state index in [0.717, 1.165) is 19.2 Å². The fourth-order valence-electron chi connectivity index (χ4n) is 2.29. The van der Waals surface area contributed by atoms with Gasteiger partial charge in [0, 0.05) is 4.92 Å². The fourth-order valence-corrected chi connectivity index (χ4v) is 2.29. The number of hydrogen-bond acceptors (Lipinski definition) is 6. The van der Waals surface area contributed by atoms with Gasteiger partial charge in [-0.1, -0.05) is 30.3 Å². The standard InChI is InChI=1S/C19H16FNO6/c1-26-19(23)17(27-18(22)14-7-9-16(20)10-8-14)11-15(12-21(24)25)13-5-3-2-4-6-13/h2-11,15H,12H2,1H3/b17-11-/t15-/m0/s1. The summed E-state index contributed by atoms with van der Waals surface area (Å²) in [5.74, 6) is -3.72. The number of esters is 2. The number of rotatable bonds is 7. The molecule has 0 saturated heterocycles. The molecule has 2 rings (SSSR count). The molecular formula is C19H16FNO6. The van der Waals surface area contributed by atoms with Gasteiger partial charge in [-0.3, -0.25) is 10.1 Å². The maximum absolute atomic E-state index is 13.0. The topological polar surface area (TPSA) is 95.7 Å². The molecule has 0 bridgehead atoms. The van der Waals surface area contributed by atoms with Gasteiger partial charge < -0.3 is 9.47 Å². The predicted octanol–water partition coefficient (Wildman–Crippen LogP) is 3.10. The highest BCUT2D eigenvalue weighted by molar-refractivity contribution is 5.95. The van der Waals surface area contributed by atoms with Crippen LogP contribution in [0, 0.1) is 15.9 Å². The Morgan fingerprint density at radius 1 is 1.15 bits per heavy atom. The Bertz CT molecular complexity index is 848. The van der Waals surface area contributed by atoms with Crippen LogP contribution in [0.2, 0.25) is 0 Å². The first-order chi connectivity index (χ1) is 12.9. The molecule has 0 aliphatic carbocycles. The van der Waals surface area contributed by atoms with Crippen LogP contribution in [-0.2, 0) is 14.3 Å². The zero-order valence-electron chi connectivity index (χ0n) is 14.3. The van der Waals surface area contributed by atoms with E-state index in [4.69, 9.17) is 4.74 Å². The Hall–Kier alpha value is -3.55. The van der Waals surface area contributed by atoms with Gasteiger partial charge in [-0.2, -0.15) is 0 Å². The summed E-state index contributed by atoms with van der Waals surface area (Å²) in [6.07, 6.45) is 1.17. The molecule has 27 heavy (non-hydrogen) atoms. The van der Waals surface area contributed by atoms with Gasteiger partial charge in [0.05, 0.1) is 18.6 Å². The summed E-state index contributed by atoms with van der Waals surface area (Å²) in [4.78, 5) is 34.6. The molecule has 0 saturated carbocycles. The minimum absolute atomic E-state index is 0.0109. The number of hydrogen-bond donors (Lipinski definition) is 0. The molecule has 2 aromatic carbocycles. The van der Waals surface area contributed by atoms with E-state index in [-0.39, 0.29) is 5.56 Å². The second kappa shape index (κ2) is 9.23. The molecule has 140 valence electrons. The normalized spacial score (nSPS) is 12.1. The van der Waals surface area contributed by atoms with Crippen LogP contribution in [0.5, 0.6) is 0 Å². The Morgan fingerprint density at radius 2 is 1.78 bits per heavy atom. The largest absolute Gasteiger partial charge is 0.463 e. The lowest BCUT2D eigenvalue weighted by Gasteiger charge is -2.12. The minimum Gasteiger partial charge on any atom is -0.463 e. The summed E-state index contributed by atoms with van der Waals surface area (Å²) in [6.45, 7) is -0.515. The average molecular weight is 373 g/mol. The number of carbonyl (C=O) groups is 2. The van der Waals surface area contributed by atoms with E-state index in [0.29, 0.717) is 5.56 Å². The van der Waals surface area contributed by atoms with Crippen molar-refractivity contribution in [3.8, 4) is 0 Å². The van der Waals surface area contributed by atoms with Crippen molar-refractivity contribution in [2.75, 3.05) is 13.7 Å². The lowest BCUT2D eigenvalue weighted by atomic mass is 9.98. The van der Waals surface area contributed by atoms with Gasteiger partial charge >= 0.3 is 11.9 Å². The maximum Gasteiger partial charge on any atom is 0.373 e. The van der Waals surface area contributed by atoms with Gasteiger partial charge in [-0.15, -0.1) is 0 Å². The second-order valence-corrected chi connectivity index (χ2v) is 5.45. The molecule has 0 aliphatic heterocycles. The number of nitrogens with zero attached hydrogens (tertiary/aromatic N) is 1. The molecule has 0 heterocycles. The molecule has 2 aromatic rings. The molecule has 0 amide bonds. The quantitative estimate of drug-likeness (QED) is 0.243. The minimum atomic E-state index is -0.963. The van der Waals surface area contributed by atoms with Gasteiger partial charge in [0.2, 0.25) is 12.3 Å². The summed E-state index contributed by atoms with van der Waals surface area (Å²) in [6, 6.07) is 13.0. The van der Waals surface area contributed by atoms with Gasteiger partial charge in [-0.05, 0) is 35.9 Å². The van der Waals surface area contributed by atoms with Crippen LogP contribution in [0.25, 0.3) is 0 Å². The molecule has 0 N–H and O–H groups in total. The van der Waals surface area contributed by atoms with Gasteiger partial charge in [-0.25, -0.2) is 14.0 Å². The van der Waals surface area contributed by atoms with Crippen LogP contribution >= 0.6 is 0 Å². The number of halogens is 1. The Labute approximate surface area is 154 Å². The van der Waals surface area contributed by atoms with Crippen LogP contribution in [0.15, 0.2) is 66.4 Å². The molecule has 8 heteroatoms. The van der Waals surface area contributed by atoms with Crippen molar-refractivity contribution < 1.29 is 28.4 Å². The molecule has 1 atom stereocenters. The van der Waals surface area contributed by atoms with E-state index in [1.165, 1.54) is 18.2 Å². The van der Waals surface area contributed by atoms with Crippen molar-refractivity contribution >= 4 is 11.9 Å². The summed E-state index contributed by atoms with van der Waals surface area (Å²) in [5.41, 5.74) is 0.574. The van der Waals surface area contributed by atoms with Gasteiger partial charge in [0.1, 0.15) is 5.82 Å². The monoisotopic (exact) mass is 373 g/mol. The smallest absolute Gasteiger partial charge is 0.373 e. The summed E-state index contributed by atoms with van der Waals surface area (Å²) in [7, 11) is 1.09. The number of nitro groups is 1. The van der Waals surface area contributed by atoms with E-state index >= 15 is 0 Å². The van der Waals surface area contributed by atoms with Crippen molar-refractivity contribution in [3.05, 3.63) is 93.5 Å². The van der Waals surface area contributed by atoms with Crippen LogP contribution in [0.3, 0.4) is 0 Å². The van der Waals surface area contributed by atoms with E-state index < -0.39 is 40.9 Å². The lowest BCUT2D eigenvalue weighted by molar-refractivity contribution is -0.481. The predicted molar refractivity (Wildman–Crippen MR) is 93.0 cm³/mol. The Kier molecular flexibility index (Phi) is 6.76. The number of methoxy groups -OCH3 is 1. The first kappa shape index (κ1) is 19.8. The fraction of sp³-hybridized carbons (Fsp3) is 0.158. The zero-order chi connectivity index (χ0) is 19.8. The van der Waals surface area contributed by atoms with E-state index in [2.05, 4.69) is 4.74 Å². The van der Waals surface area contributed by atoms with Crippen LogP contribution in [0.4, 0.5) is 4.39 Å². The zero-order valence-corrected chi connectivity index (χ0v) is 14.3. The Morgan fingerprint density at radius 3 is 2.33 bits per heavy atom. The van der Waals surface area contributed by atoms with Crippen molar-refractivity contribution in [1.29, 1.82) is 0 Å². The van der Waals surface area contributed by atoms with E-state index in [1.807, 2.05) is 0 Å². The summed E-state index contributed by atoms with van der Waals surface area (Å²) >= 11 is 0. The van der Waals surface area contributed by atoms with Crippen molar-refractivity contribution in [2.45, 2.75) is 5.92 Å². The molecule has 0 aliphatic rings. The van der Waals surface area contributed by atoms with Gasteiger partial charge in [0.15, 0.2) is 0 Å². The summed E-state index contributed by atoms with van der Waals surface area (Å²) < 4.78 is 22.6. The average Bonchev–Trinajstić information content (AvgIpc) is 2.67. The number of benzene rings is 2. The third-order valence-electron chi connectivity index (χ3n) is 3.60. The highest BCUT2D eigenvalue weighted by atomic mass is 19.1. The summed E-state index contributed by atoms with van der Waals surface area (Å²) in [5, 5.41) is 11.0. The van der Waals surface area contributed by atoms with Crippen LogP contribution in [-0.4, -0.2) is 30.5 Å². The van der Waals surface area contributed by atoms with Crippen LogP contribution in [0.1, 0.15) is 21.8 Å². The molecule has 7 nitrogen and oxygen atoms in total. The first-order valence-electron chi connectivity index (χ1n) is 7.85. The van der Waals surface area contributed by atoms with Crippen molar-refractivity contribution in [1.82, 2.24) is 0 Å². The van der Waals surface area contributed by atoms with Crippen LogP contribution < -0.4 is 0 Å². The number of ether oxygens (including phenoxy) is 2. The SMILES string of the molecule is COC(=O)/C(=C/[C@@H](C[N+](=O)[O-])c1ccccc1)OC(=O)c1ccc(F)cc1. The highest BCUT2D eigenvalue weighted by Crippen LogP contribution is 2.21. The molecule has 0 unspecified atom stereocenters. The van der Waals surface area contributed by atoms with E-state index in [9.17, 15) is 24.1 Å². The number of carbonyl (C=O) groups excluding carboxylic acids is 2. The van der Waals surface area contributed by atoms with Crippen molar-refractivity contribution in [2.24, 2.45) is 0 Å². The third kappa shape index (κ3) is 5.74. The molecule has 0 aromatic heterocycles. The molecule has 0 radical (unpaired) electrons. The maximum atomic E-state index is 13.0. The molecule has 0 fully saturated rings. The van der Waals surface area contributed by atoms with Crippen molar-refractivity contribution in [3.63, 3.8) is 0 Å². The third-order valence-corrected chi connectivity index (χ3v) is 3.60. The lowest BCUT2D eigenvalue weighted by Crippen LogP contribution is -2.17.